The van der Waals surface area contributed by atoms with Crippen LogP contribution in [-0.2, 0) is 0 Å². The van der Waals surface area contributed by atoms with Crippen LogP contribution < -0.4 is 11.5 Å². The zero-order valence-corrected chi connectivity index (χ0v) is 8.00. The first-order chi connectivity index (χ1) is 5.63. The molecule has 0 fully saturated rings. The molecular weight excluding hydrogens is 152 g/mol. The van der Waals surface area contributed by atoms with E-state index in [1.807, 2.05) is 6.92 Å². The highest BCUT2D eigenvalue weighted by molar-refractivity contribution is 4.54. The monoisotopic (exact) mass is 174 g/mol. The van der Waals surface area contributed by atoms with Gasteiger partial charge in [-0.3, -0.25) is 0 Å². The first kappa shape index (κ1) is 11.9. The van der Waals surface area contributed by atoms with E-state index in [0.717, 1.165) is 25.7 Å². The van der Waals surface area contributed by atoms with Crippen molar-refractivity contribution in [2.45, 2.75) is 57.7 Å². The fourth-order valence-corrected chi connectivity index (χ4v) is 1.17. The van der Waals surface area contributed by atoms with E-state index in [2.05, 4.69) is 0 Å². The predicted octanol–water partition coefficient (Wildman–Crippen LogP) is 0.951. The van der Waals surface area contributed by atoms with Crippen LogP contribution in [0.25, 0.3) is 0 Å². The van der Waals surface area contributed by atoms with Crippen molar-refractivity contribution in [1.29, 1.82) is 0 Å². The van der Waals surface area contributed by atoms with Crippen molar-refractivity contribution >= 4 is 0 Å². The molecule has 12 heavy (non-hydrogen) atoms. The van der Waals surface area contributed by atoms with Crippen LogP contribution in [-0.4, -0.2) is 17.4 Å². The Morgan fingerprint density at radius 2 is 1.50 bits per heavy atom. The van der Waals surface area contributed by atoms with Crippen molar-refractivity contribution in [2.24, 2.45) is 11.5 Å². The van der Waals surface area contributed by atoms with Gasteiger partial charge in [-0.1, -0.05) is 19.3 Å². The van der Waals surface area contributed by atoms with E-state index in [1.54, 1.807) is 0 Å². The molecule has 74 valence electrons. The molecule has 0 aliphatic rings. The van der Waals surface area contributed by atoms with Crippen molar-refractivity contribution in [1.82, 2.24) is 0 Å². The second-order valence-electron chi connectivity index (χ2n) is 3.54. The zero-order chi connectivity index (χ0) is 9.40. The minimum Gasteiger partial charge on any atom is -0.379 e. The number of aliphatic hydroxyl groups excluding tert-OH is 1. The van der Waals surface area contributed by atoms with Crippen molar-refractivity contribution in [3.8, 4) is 0 Å². The zero-order valence-electron chi connectivity index (χ0n) is 8.00. The third-order valence-electron chi connectivity index (χ3n) is 1.91. The highest BCUT2D eigenvalue weighted by atomic mass is 16.3. The number of hydrogen-bond donors (Lipinski definition) is 3. The largest absolute Gasteiger partial charge is 0.379 e. The van der Waals surface area contributed by atoms with E-state index >= 15 is 0 Å². The van der Waals surface area contributed by atoms with E-state index in [9.17, 15) is 0 Å². The molecule has 5 N–H and O–H groups in total. The Morgan fingerprint density at radius 3 is 1.92 bits per heavy atom. The minimum atomic E-state index is -0.626. The van der Waals surface area contributed by atoms with Crippen molar-refractivity contribution in [2.75, 3.05) is 0 Å². The standard InChI is InChI=1S/C9H22N2O/c1-8(10)6-4-2-3-5-7-9(11)12/h8-9,12H,2-7,10-11H2,1H3. The van der Waals surface area contributed by atoms with Gasteiger partial charge in [0.2, 0.25) is 0 Å². The molecule has 0 aromatic carbocycles. The minimum absolute atomic E-state index is 0.324. The summed E-state index contributed by atoms with van der Waals surface area (Å²) in [6.07, 6.45) is 5.77. The predicted molar refractivity (Wildman–Crippen MR) is 51.5 cm³/mol. The summed E-state index contributed by atoms with van der Waals surface area (Å²) < 4.78 is 0. The number of nitrogens with two attached hydrogens (primary N) is 2. The summed E-state index contributed by atoms with van der Waals surface area (Å²) in [5.74, 6) is 0. The third-order valence-corrected chi connectivity index (χ3v) is 1.91. The van der Waals surface area contributed by atoms with E-state index in [0.29, 0.717) is 6.04 Å². The summed E-state index contributed by atoms with van der Waals surface area (Å²) >= 11 is 0. The van der Waals surface area contributed by atoms with Crippen LogP contribution >= 0.6 is 0 Å². The van der Waals surface area contributed by atoms with Gasteiger partial charge in [0.1, 0.15) is 6.23 Å². The molecule has 2 unspecified atom stereocenters. The normalized spacial score (nSPS) is 16.0. The molecule has 0 radical (unpaired) electrons. The van der Waals surface area contributed by atoms with Crippen LogP contribution in [0.4, 0.5) is 0 Å². The van der Waals surface area contributed by atoms with Gasteiger partial charge in [-0.05, 0) is 26.2 Å². The Morgan fingerprint density at radius 1 is 1.00 bits per heavy atom. The van der Waals surface area contributed by atoms with Crippen LogP contribution in [0, 0.1) is 0 Å². The van der Waals surface area contributed by atoms with Gasteiger partial charge in [0.15, 0.2) is 0 Å². The molecule has 0 saturated heterocycles. The molecule has 0 saturated carbocycles. The Balaban J connectivity index is 2.91. The average molecular weight is 174 g/mol. The van der Waals surface area contributed by atoms with Gasteiger partial charge in [0.05, 0.1) is 0 Å². The first-order valence-electron chi connectivity index (χ1n) is 4.82. The maximum Gasteiger partial charge on any atom is 0.102 e. The van der Waals surface area contributed by atoms with Crippen LogP contribution in [0.5, 0.6) is 0 Å². The Kier molecular flexibility index (Phi) is 7.45. The molecule has 0 amide bonds. The maximum absolute atomic E-state index is 8.75. The summed E-state index contributed by atoms with van der Waals surface area (Å²) in [4.78, 5) is 0. The molecule has 0 spiro atoms. The molecule has 3 nitrogen and oxygen atoms in total. The number of aliphatic hydroxyl groups is 1. The molecular formula is C9H22N2O. The summed E-state index contributed by atoms with van der Waals surface area (Å²) in [6, 6.07) is 0.324. The van der Waals surface area contributed by atoms with Gasteiger partial charge in [-0.25, -0.2) is 0 Å². The van der Waals surface area contributed by atoms with Gasteiger partial charge in [0, 0.05) is 6.04 Å². The first-order valence-corrected chi connectivity index (χ1v) is 4.82. The topological polar surface area (TPSA) is 72.3 Å². The Hall–Kier alpha value is -0.120. The lowest BCUT2D eigenvalue weighted by molar-refractivity contribution is 0.168. The third kappa shape index (κ3) is 9.88. The smallest absolute Gasteiger partial charge is 0.102 e. The molecule has 0 aromatic rings. The molecule has 0 rings (SSSR count). The van der Waals surface area contributed by atoms with Gasteiger partial charge in [-0.15, -0.1) is 0 Å². The SMILES string of the molecule is CC(N)CCCCCCC(N)O. The van der Waals surface area contributed by atoms with Crippen LogP contribution in [0.2, 0.25) is 0 Å². The average Bonchev–Trinajstić information content (AvgIpc) is 1.95. The summed E-state index contributed by atoms with van der Waals surface area (Å²) in [5, 5.41) is 8.75. The molecule has 0 aliphatic carbocycles. The lowest BCUT2D eigenvalue weighted by Crippen LogP contribution is -2.18. The molecule has 3 heteroatoms. The van der Waals surface area contributed by atoms with Crippen molar-refractivity contribution in [3.05, 3.63) is 0 Å². The number of hydrogen-bond acceptors (Lipinski definition) is 3. The Bertz CT molecular complexity index is 82.5. The van der Waals surface area contributed by atoms with E-state index in [4.69, 9.17) is 16.6 Å². The molecule has 2 atom stereocenters. The van der Waals surface area contributed by atoms with E-state index in [-0.39, 0.29) is 0 Å². The van der Waals surface area contributed by atoms with Crippen molar-refractivity contribution < 1.29 is 5.11 Å². The molecule has 0 aromatic heterocycles. The van der Waals surface area contributed by atoms with Gasteiger partial charge < -0.3 is 16.6 Å². The number of rotatable bonds is 7. The maximum atomic E-state index is 8.75. The lowest BCUT2D eigenvalue weighted by Gasteiger charge is -2.05. The highest BCUT2D eigenvalue weighted by Gasteiger charge is 1.96. The van der Waals surface area contributed by atoms with E-state index < -0.39 is 6.23 Å². The van der Waals surface area contributed by atoms with Crippen LogP contribution in [0.3, 0.4) is 0 Å². The Labute approximate surface area is 75.1 Å². The quantitative estimate of drug-likeness (QED) is 0.397. The lowest BCUT2D eigenvalue weighted by atomic mass is 10.1. The van der Waals surface area contributed by atoms with Crippen LogP contribution in [0.1, 0.15) is 45.4 Å². The second-order valence-corrected chi connectivity index (χ2v) is 3.54. The highest BCUT2D eigenvalue weighted by Crippen LogP contribution is 2.06. The molecule has 0 aliphatic heterocycles. The summed E-state index contributed by atoms with van der Waals surface area (Å²) in [7, 11) is 0. The van der Waals surface area contributed by atoms with Crippen LogP contribution in [0.15, 0.2) is 0 Å². The second kappa shape index (κ2) is 7.53. The fourth-order valence-electron chi connectivity index (χ4n) is 1.17. The summed E-state index contributed by atoms with van der Waals surface area (Å²) in [6.45, 7) is 2.03. The molecule has 0 bridgehead atoms. The molecule has 0 heterocycles. The van der Waals surface area contributed by atoms with Gasteiger partial charge >= 0.3 is 0 Å². The summed E-state index contributed by atoms with van der Waals surface area (Å²) in [5.41, 5.74) is 10.8. The fraction of sp³-hybridized carbons (Fsp3) is 1.00. The van der Waals surface area contributed by atoms with Gasteiger partial charge in [-0.2, -0.15) is 0 Å². The van der Waals surface area contributed by atoms with E-state index in [1.165, 1.54) is 12.8 Å². The number of unbranched alkanes of at least 4 members (excludes halogenated alkanes) is 3. The van der Waals surface area contributed by atoms with Gasteiger partial charge in [0.25, 0.3) is 0 Å². The van der Waals surface area contributed by atoms with Crippen molar-refractivity contribution in [3.63, 3.8) is 0 Å².